The van der Waals surface area contributed by atoms with Gasteiger partial charge in [0.2, 0.25) is 0 Å². The molecule has 0 saturated heterocycles. The lowest BCUT2D eigenvalue weighted by Crippen LogP contribution is -2.40. The molecular weight excluding hydrogens is 328 g/mol. The number of carbonyl (C=O) groups excluding carboxylic acids is 1. The zero-order chi connectivity index (χ0) is 18.5. The first-order chi connectivity index (χ1) is 12.7. The van der Waals surface area contributed by atoms with Crippen molar-refractivity contribution in [3.8, 4) is 11.5 Å². The molecule has 0 N–H and O–H groups in total. The van der Waals surface area contributed by atoms with E-state index in [0.717, 1.165) is 19.4 Å². The van der Waals surface area contributed by atoms with Crippen LogP contribution in [0, 0.1) is 0 Å². The van der Waals surface area contributed by atoms with Gasteiger partial charge < -0.3 is 18.9 Å². The summed E-state index contributed by atoms with van der Waals surface area (Å²) >= 11 is 0. The van der Waals surface area contributed by atoms with Gasteiger partial charge in [0.1, 0.15) is 0 Å². The Morgan fingerprint density at radius 2 is 1.81 bits per heavy atom. The molecule has 0 fully saturated rings. The molecule has 1 aromatic heterocycles. The van der Waals surface area contributed by atoms with Crippen molar-refractivity contribution < 1.29 is 14.3 Å². The van der Waals surface area contributed by atoms with Gasteiger partial charge in [-0.1, -0.05) is 13.8 Å². The Morgan fingerprint density at radius 3 is 2.54 bits per heavy atom. The summed E-state index contributed by atoms with van der Waals surface area (Å²) < 4.78 is 13.8. The SMILES string of the molecule is CCCOc1ccc(C(=O)N2CCn3cccc3C2C)cc1OCCC. The number of benzene rings is 1. The molecule has 5 nitrogen and oxygen atoms in total. The molecule has 0 saturated carbocycles. The molecule has 140 valence electrons. The van der Waals surface area contributed by atoms with E-state index in [9.17, 15) is 4.79 Å². The molecular formula is C21H28N2O3. The highest BCUT2D eigenvalue weighted by Gasteiger charge is 2.28. The topological polar surface area (TPSA) is 43.7 Å². The van der Waals surface area contributed by atoms with E-state index in [1.54, 1.807) is 0 Å². The minimum atomic E-state index is 0.0355. The van der Waals surface area contributed by atoms with Crippen molar-refractivity contribution in [1.82, 2.24) is 9.47 Å². The minimum Gasteiger partial charge on any atom is -0.490 e. The van der Waals surface area contributed by atoms with Crippen molar-refractivity contribution in [1.29, 1.82) is 0 Å². The van der Waals surface area contributed by atoms with Gasteiger partial charge in [0.25, 0.3) is 5.91 Å². The smallest absolute Gasteiger partial charge is 0.254 e. The lowest BCUT2D eigenvalue weighted by atomic mass is 10.1. The normalized spacial score (nSPS) is 16.3. The van der Waals surface area contributed by atoms with Crippen LogP contribution in [0.4, 0.5) is 0 Å². The van der Waals surface area contributed by atoms with Gasteiger partial charge in [-0.3, -0.25) is 4.79 Å². The maximum Gasteiger partial charge on any atom is 0.254 e. The Morgan fingerprint density at radius 1 is 1.08 bits per heavy atom. The molecule has 3 rings (SSSR count). The van der Waals surface area contributed by atoms with E-state index < -0.39 is 0 Å². The van der Waals surface area contributed by atoms with Crippen LogP contribution < -0.4 is 9.47 Å². The number of aromatic nitrogens is 1. The quantitative estimate of drug-likeness (QED) is 0.744. The van der Waals surface area contributed by atoms with Crippen LogP contribution in [0.1, 0.15) is 55.7 Å². The van der Waals surface area contributed by atoms with Gasteiger partial charge in [-0.25, -0.2) is 0 Å². The molecule has 1 aliphatic heterocycles. The third-order valence-electron chi connectivity index (χ3n) is 4.72. The average Bonchev–Trinajstić information content (AvgIpc) is 3.14. The Hall–Kier alpha value is -2.43. The number of hydrogen-bond acceptors (Lipinski definition) is 3. The van der Waals surface area contributed by atoms with Gasteiger partial charge >= 0.3 is 0 Å². The summed E-state index contributed by atoms with van der Waals surface area (Å²) in [6.45, 7) is 8.99. The van der Waals surface area contributed by atoms with Crippen LogP contribution >= 0.6 is 0 Å². The second kappa shape index (κ2) is 8.30. The molecule has 1 atom stereocenters. The molecule has 0 bridgehead atoms. The molecule has 1 unspecified atom stereocenters. The van der Waals surface area contributed by atoms with Gasteiger partial charge in [-0.2, -0.15) is 0 Å². The fourth-order valence-corrected chi connectivity index (χ4v) is 3.32. The number of amides is 1. The standard InChI is InChI=1S/C21H28N2O3/c1-4-13-25-19-9-8-17(15-20(19)26-14-5-2)21(24)23-12-11-22-10-6-7-18(22)16(23)3/h6-10,15-16H,4-5,11-14H2,1-3H3. The molecule has 0 spiro atoms. The first kappa shape index (κ1) is 18.4. The van der Waals surface area contributed by atoms with E-state index in [4.69, 9.17) is 9.47 Å². The fourth-order valence-electron chi connectivity index (χ4n) is 3.32. The van der Waals surface area contributed by atoms with Crippen molar-refractivity contribution >= 4 is 5.91 Å². The van der Waals surface area contributed by atoms with E-state index in [0.29, 0.717) is 36.8 Å². The summed E-state index contributed by atoms with van der Waals surface area (Å²) in [7, 11) is 0. The number of ether oxygens (including phenoxy) is 2. The number of fused-ring (bicyclic) bond motifs is 1. The molecule has 1 aliphatic rings. The van der Waals surface area contributed by atoms with E-state index in [-0.39, 0.29) is 11.9 Å². The summed E-state index contributed by atoms with van der Waals surface area (Å²) in [6, 6.07) is 9.70. The monoisotopic (exact) mass is 356 g/mol. The zero-order valence-electron chi connectivity index (χ0n) is 15.9. The maximum atomic E-state index is 13.1. The largest absolute Gasteiger partial charge is 0.490 e. The highest BCUT2D eigenvalue weighted by atomic mass is 16.5. The molecule has 2 heterocycles. The molecule has 1 amide bonds. The Bertz CT molecular complexity index is 753. The summed E-state index contributed by atoms with van der Waals surface area (Å²) in [6.07, 6.45) is 3.91. The third-order valence-corrected chi connectivity index (χ3v) is 4.72. The van der Waals surface area contributed by atoms with Crippen molar-refractivity contribution in [2.75, 3.05) is 19.8 Å². The van der Waals surface area contributed by atoms with E-state index in [1.165, 1.54) is 5.69 Å². The van der Waals surface area contributed by atoms with Gasteiger partial charge in [-0.05, 0) is 50.1 Å². The predicted octanol–water partition coefficient (Wildman–Crippen LogP) is 4.28. The number of rotatable bonds is 7. The second-order valence-electron chi connectivity index (χ2n) is 6.66. The fraction of sp³-hybridized carbons (Fsp3) is 0.476. The van der Waals surface area contributed by atoms with Crippen molar-refractivity contribution in [3.63, 3.8) is 0 Å². The van der Waals surface area contributed by atoms with Crippen LogP contribution in [0.3, 0.4) is 0 Å². The Labute approximate surface area is 155 Å². The molecule has 5 heteroatoms. The summed E-state index contributed by atoms with van der Waals surface area (Å²) in [5.74, 6) is 1.39. The van der Waals surface area contributed by atoms with Crippen LogP contribution in [0.25, 0.3) is 0 Å². The lowest BCUT2D eigenvalue weighted by Gasteiger charge is -2.35. The van der Waals surface area contributed by atoms with Crippen molar-refractivity contribution in [3.05, 3.63) is 47.8 Å². The summed E-state index contributed by atoms with van der Waals surface area (Å²) in [5, 5.41) is 0. The van der Waals surface area contributed by atoms with Crippen LogP contribution in [-0.4, -0.2) is 35.1 Å². The first-order valence-electron chi connectivity index (χ1n) is 9.51. The summed E-state index contributed by atoms with van der Waals surface area (Å²) in [4.78, 5) is 15.0. The van der Waals surface area contributed by atoms with Crippen LogP contribution in [0.5, 0.6) is 11.5 Å². The number of hydrogen-bond donors (Lipinski definition) is 0. The third kappa shape index (κ3) is 3.71. The lowest BCUT2D eigenvalue weighted by molar-refractivity contribution is 0.0643. The number of nitrogens with zero attached hydrogens (tertiary/aromatic N) is 2. The van der Waals surface area contributed by atoms with Crippen molar-refractivity contribution in [2.45, 2.75) is 46.2 Å². The van der Waals surface area contributed by atoms with Crippen LogP contribution in [0.2, 0.25) is 0 Å². The second-order valence-corrected chi connectivity index (χ2v) is 6.66. The minimum absolute atomic E-state index is 0.0355. The van der Waals surface area contributed by atoms with Gasteiger partial charge in [0, 0.05) is 30.5 Å². The van der Waals surface area contributed by atoms with E-state index in [1.807, 2.05) is 29.2 Å². The van der Waals surface area contributed by atoms with E-state index >= 15 is 0 Å². The van der Waals surface area contributed by atoms with Crippen molar-refractivity contribution in [2.24, 2.45) is 0 Å². The molecule has 2 aromatic rings. The van der Waals surface area contributed by atoms with E-state index in [2.05, 4.69) is 37.6 Å². The van der Waals surface area contributed by atoms with Gasteiger partial charge in [0.15, 0.2) is 11.5 Å². The predicted molar refractivity (Wildman–Crippen MR) is 102 cm³/mol. The van der Waals surface area contributed by atoms with Crippen LogP contribution in [0.15, 0.2) is 36.5 Å². The Balaban J connectivity index is 1.82. The molecule has 1 aromatic carbocycles. The summed E-state index contributed by atoms with van der Waals surface area (Å²) in [5.41, 5.74) is 1.82. The zero-order valence-corrected chi connectivity index (χ0v) is 15.9. The molecule has 0 aliphatic carbocycles. The first-order valence-corrected chi connectivity index (χ1v) is 9.51. The number of carbonyl (C=O) groups is 1. The van der Waals surface area contributed by atoms with Crippen LogP contribution in [-0.2, 0) is 6.54 Å². The highest BCUT2D eigenvalue weighted by molar-refractivity contribution is 5.95. The van der Waals surface area contributed by atoms with Gasteiger partial charge in [0.05, 0.1) is 19.3 Å². The van der Waals surface area contributed by atoms with Gasteiger partial charge in [-0.15, -0.1) is 0 Å². The molecule has 0 radical (unpaired) electrons. The molecule has 26 heavy (non-hydrogen) atoms. The average molecular weight is 356 g/mol. The Kier molecular flexibility index (Phi) is 5.86. The maximum absolute atomic E-state index is 13.1. The highest BCUT2D eigenvalue weighted by Crippen LogP contribution is 2.32.